The minimum Gasteiger partial charge on any atom is -0.369 e. The number of ketones is 1. The number of aromatic nitrogens is 1. The summed E-state index contributed by atoms with van der Waals surface area (Å²) in [4.78, 5) is 12.9. The highest BCUT2D eigenvalue weighted by molar-refractivity contribution is 6.10. The molecule has 0 aliphatic heterocycles. The van der Waals surface area contributed by atoms with Crippen molar-refractivity contribution in [3.05, 3.63) is 71.9 Å². The van der Waals surface area contributed by atoms with Gasteiger partial charge in [0.2, 0.25) is 0 Å². The molecular formula is C18H17NO2. The predicted molar refractivity (Wildman–Crippen MR) is 83.4 cm³/mol. The molecule has 0 aliphatic rings. The van der Waals surface area contributed by atoms with Crippen LogP contribution in [0.1, 0.15) is 22.0 Å². The number of Topliss-reactive ketones (excluding diaryl/α,β-unsaturated/α-hetero) is 1. The van der Waals surface area contributed by atoms with Gasteiger partial charge in [0.1, 0.15) is 6.10 Å². The minimum absolute atomic E-state index is 0.0134. The summed E-state index contributed by atoms with van der Waals surface area (Å²) in [6.45, 7) is 0. The van der Waals surface area contributed by atoms with Crippen molar-refractivity contribution in [1.82, 2.24) is 4.57 Å². The first-order chi connectivity index (χ1) is 10.2. The van der Waals surface area contributed by atoms with Crippen LogP contribution in [0.4, 0.5) is 0 Å². The summed E-state index contributed by atoms with van der Waals surface area (Å²) < 4.78 is 7.42. The number of rotatable bonds is 4. The SMILES string of the molecule is COC(C(=O)c1cn(C)c2ccccc12)c1ccccc1. The van der Waals surface area contributed by atoms with Crippen molar-refractivity contribution >= 4 is 16.7 Å². The number of fused-ring (bicyclic) bond motifs is 1. The van der Waals surface area contributed by atoms with Crippen LogP contribution in [0, 0.1) is 0 Å². The highest BCUT2D eigenvalue weighted by Crippen LogP contribution is 2.27. The zero-order chi connectivity index (χ0) is 14.8. The molecule has 0 spiro atoms. The molecule has 0 radical (unpaired) electrons. The van der Waals surface area contributed by atoms with E-state index in [0.29, 0.717) is 5.56 Å². The summed E-state index contributed by atoms with van der Waals surface area (Å²) in [7, 11) is 3.52. The van der Waals surface area contributed by atoms with E-state index < -0.39 is 6.10 Å². The molecule has 3 rings (SSSR count). The van der Waals surface area contributed by atoms with Gasteiger partial charge in [-0.1, -0.05) is 48.5 Å². The number of carbonyl (C=O) groups is 1. The Labute approximate surface area is 123 Å². The van der Waals surface area contributed by atoms with E-state index >= 15 is 0 Å². The molecule has 106 valence electrons. The highest BCUT2D eigenvalue weighted by Gasteiger charge is 2.24. The first-order valence-corrected chi connectivity index (χ1v) is 6.88. The van der Waals surface area contributed by atoms with Crippen molar-refractivity contribution in [3.63, 3.8) is 0 Å². The second-order valence-electron chi connectivity index (χ2n) is 5.06. The molecule has 2 aromatic carbocycles. The molecule has 21 heavy (non-hydrogen) atoms. The average molecular weight is 279 g/mol. The van der Waals surface area contributed by atoms with Crippen molar-refractivity contribution in [1.29, 1.82) is 0 Å². The van der Waals surface area contributed by atoms with E-state index in [0.717, 1.165) is 16.5 Å². The Morgan fingerprint density at radius 1 is 1.05 bits per heavy atom. The molecule has 0 aliphatic carbocycles. The summed E-state index contributed by atoms with van der Waals surface area (Å²) in [6, 6.07) is 17.5. The van der Waals surface area contributed by atoms with Gasteiger partial charge in [-0.3, -0.25) is 4.79 Å². The lowest BCUT2D eigenvalue weighted by Crippen LogP contribution is -2.14. The Morgan fingerprint density at radius 3 is 2.43 bits per heavy atom. The number of carbonyl (C=O) groups excluding carboxylic acids is 1. The van der Waals surface area contributed by atoms with E-state index in [1.165, 1.54) is 0 Å². The number of hydrogen-bond donors (Lipinski definition) is 0. The molecule has 0 amide bonds. The third-order valence-electron chi connectivity index (χ3n) is 3.74. The maximum Gasteiger partial charge on any atom is 0.198 e. The Kier molecular flexibility index (Phi) is 3.59. The van der Waals surface area contributed by atoms with Gasteiger partial charge < -0.3 is 9.30 Å². The van der Waals surface area contributed by atoms with Crippen molar-refractivity contribution < 1.29 is 9.53 Å². The van der Waals surface area contributed by atoms with Crippen LogP contribution in [0.15, 0.2) is 60.8 Å². The Morgan fingerprint density at radius 2 is 1.71 bits per heavy atom. The van der Waals surface area contributed by atoms with Gasteiger partial charge in [-0.15, -0.1) is 0 Å². The van der Waals surface area contributed by atoms with Crippen molar-refractivity contribution in [2.75, 3.05) is 7.11 Å². The second-order valence-corrected chi connectivity index (χ2v) is 5.06. The summed E-state index contributed by atoms with van der Waals surface area (Å²) in [6.07, 6.45) is 1.30. The second kappa shape index (κ2) is 5.54. The fourth-order valence-electron chi connectivity index (χ4n) is 2.70. The number of nitrogens with zero attached hydrogens (tertiary/aromatic N) is 1. The number of ether oxygens (including phenoxy) is 1. The molecule has 1 aromatic heterocycles. The van der Waals surface area contributed by atoms with Gasteiger partial charge in [0, 0.05) is 36.8 Å². The smallest absolute Gasteiger partial charge is 0.198 e. The molecule has 0 saturated heterocycles. The number of para-hydroxylation sites is 1. The topological polar surface area (TPSA) is 31.2 Å². The molecule has 1 heterocycles. The van der Waals surface area contributed by atoms with Gasteiger partial charge in [-0.25, -0.2) is 0 Å². The Hall–Kier alpha value is -2.39. The Bertz CT molecular complexity index is 774. The quantitative estimate of drug-likeness (QED) is 0.681. The third kappa shape index (κ3) is 2.36. The monoisotopic (exact) mass is 279 g/mol. The van der Waals surface area contributed by atoms with Gasteiger partial charge in [0.05, 0.1) is 0 Å². The lowest BCUT2D eigenvalue weighted by Gasteiger charge is -2.14. The van der Waals surface area contributed by atoms with Gasteiger partial charge in [0.25, 0.3) is 0 Å². The first kappa shape index (κ1) is 13.6. The van der Waals surface area contributed by atoms with E-state index in [4.69, 9.17) is 4.74 Å². The van der Waals surface area contributed by atoms with Crippen molar-refractivity contribution in [3.8, 4) is 0 Å². The number of hydrogen-bond acceptors (Lipinski definition) is 2. The van der Waals surface area contributed by atoms with Crippen LogP contribution in [-0.4, -0.2) is 17.5 Å². The largest absolute Gasteiger partial charge is 0.369 e. The van der Waals surface area contributed by atoms with Crippen LogP contribution in [-0.2, 0) is 11.8 Å². The Balaban J connectivity index is 2.07. The number of aryl methyl sites for hydroxylation is 1. The summed E-state index contributed by atoms with van der Waals surface area (Å²) in [5, 5.41) is 0.961. The fraction of sp³-hybridized carbons (Fsp3) is 0.167. The predicted octanol–water partition coefficient (Wildman–Crippen LogP) is 3.75. The van der Waals surface area contributed by atoms with E-state index in [2.05, 4.69) is 0 Å². The zero-order valence-electron chi connectivity index (χ0n) is 12.1. The van der Waals surface area contributed by atoms with Gasteiger partial charge >= 0.3 is 0 Å². The normalized spacial score (nSPS) is 12.5. The zero-order valence-corrected chi connectivity index (χ0v) is 12.1. The van der Waals surface area contributed by atoms with Crippen molar-refractivity contribution in [2.24, 2.45) is 7.05 Å². The highest BCUT2D eigenvalue weighted by atomic mass is 16.5. The summed E-state index contributed by atoms with van der Waals surface area (Å²) >= 11 is 0. The van der Waals surface area contributed by atoms with E-state index in [1.807, 2.05) is 72.4 Å². The standard InChI is InChI=1S/C18H17NO2/c1-19-12-15(14-10-6-7-11-16(14)19)17(20)18(21-2)13-8-4-3-5-9-13/h3-12,18H,1-2H3. The van der Waals surface area contributed by atoms with E-state index in [1.54, 1.807) is 7.11 Å². The van der Waals surface area contributed by atoms with Crippen LogP contribution in [0.25, 0.3) is 10.9 Å². The molecule has 1 atom stereocenters. The van der Waals surface area contributed by atoms with Crippen LogP contribution in [0.3, 0.4) is 0 Å². The molecule has 3 heteroatoms. The molecule has 3 aromatic rings. The fourth-order valence-corrected chi connectivity index (χ4v) is 2.70. The van der Waals surface area contributed by atoms with Crippen LogP contribution < -0.4 is 0 Å². The van der Waals surface area contributed by atoms with Gasteiger partial charge in [-0.05, 0) is 11.6 Å². The lowest BCUT2D eigenvalue weighted by molar-refractivity contribution is 0.0606. The first-order valence-electron chi connectivity index (χ1n) is 6.88. The molecule has 0 saturated carbocycles. The lowest BCUT2D eigenvalue weighted by atomic mass is 9.99. The van der Waals surface area contributed by atoms with Crippen LogP contribution in [0.2, 0.25) is 0 Å². The molecular weight excluding hydrogens is 262 g/mol. The van der Waals surface area contributed by atoms with E-state index in [9.17, 15) is 4.79 Å². The molecule has 1 unspecified atom stereocenters. The molecule has 0 N–H and O–H groups in total. The van der Waals surface area contributed by atoms with Crippen LogP contribution >= 0.6 is 0 Å². The van der Waals surface area contributed by atoms with Gasteiger partial charge in [-0.2, -0.15) is 0 Å². The maximum atomic E-state index is 12.9. The molecule has 0 bridgehead atoms. The van der Waals surface area contributed by atoms with E-state index in [-0.39, 0.29) is 5.78 Å². The summed E-state index contributed by atoms with van der Waals surface area (Å²) in [5.41, 5.74) is 2.62. The molecule has 3 nitrogen and oxygen atoms in total. The maximum absolute atomic E-state index is 12.9. The van der Waals surface area contributed by atoms with Crippen LogP contribution in [0.5, 0.6) is 0 Å². The number of benzene rings is 2. The third-order valence-corrected chi connectivity index (χ3v) is 3.74. The number of methoxy groups -OCH3 is 1. The van der Waals surface area contributed by atoms with Gasteiger partial charge in [0.15, 0.2) is 5.78 Å². The average Bonchev–Trinajstić information content (AvgIpc) is 2.87. The van der Waals surface area contributed by atoms with Crippen molar-refractivity contribution in [2.45, 2.75) is 6.10 Å². The minimum atomic E-state index is -0.572. The molecule has 0 fully saturated rings. The summed E-state index contributed by atoms with van der Waals surface area (Å²) in [5.74, 6) is -0.0134.